The Bertz CT molecular complexity index is 307. The topological polar surface area (TPSA) is 12.0 Å². The zero-order chi connectivity index (χ0) is 11.4. The summed E-state index contributed by atoms with van der Waals surface area (Å²) in [5, 5.41) is 2.32. The van der Waals surface area contributed by atoms with Crippen LogP contribution in [-0.2, 0) is 6.42 Å². The quantitative estimate of drug-likeness (QED) is 0.769. The lowest BCUT2D eigenvalue weighted by Crippen LogP contribution is -2.35. The Labute approximate surface area is 85.1 Å². The lowest BCUT2D eigenvalue weighted by atomic mass is 10.1. The zero-order valence-electron chi connectivity index (χ0n) is 8.11. The molecule has 0 fully saturated rings. The Morgan fingerprint density at radius 1 is 1.20 bits per heavy atom. The van der Waals surface area contributed by atoms with E-state index in [1.165, 1.54) is 13.1 Å². The highest BCUT2D eigenvalue weighted by molar-refractivity contribution is 5.20. The van der Waals surface area contributed by atoms with Gasteiger partial charge in [0.15, 0.2) is 0 Å². The molecule has 1 rings (SSSR count). The first-order valence-electron chi connectivity index (χ1n) is 4.44. The van der Waals surface area contributed by atoms with Crippen LogP contribution in [0.5, 0.6) is 0 Å². The van der Waals surface area contributed by atoms with Gasteiger partial charge in [0.1, 0.15) is 11.6 Å². The standard InChI is InChI=1S/C10H11F4N/c1-15-9(10(13)14)5-6-7(11)3-2-4-8(6)12/h2-4,9-10,15H,5H2,1H3. The van der Waals surface area contributed by atoms with Crippen molar-refractivity contribution in [2.75, 3.05) is 7.05 Å². The molecule has 1 atom stereocenters. The number of likely N-dealkylation sites (N-methyl/N-ethyl adjacent to an activating group) is 1. The number of halogens is 4. The molecule has 5 heteroatoms. The van der Waals surface area contributed by atoms with Crippen molar-refractivity contribution in [3.05, 3.63) is 35.4 Å². The third-order valence-electron chi connectivity index (χ3n) is 2.16. The average molecular weight is 221 g/mol. The van der Waals surface area contributed by atoms with Gasteiger partial charge in [-0.25, -0.2) is 17.6 Å². The van der Waals surface area contributed by atoms with Gasteiger partial charge in [-0.05, 0) is 25.6 Å². The third-order valence-corrected chi connectivity index (χ3v) is 2.16. The molecular formula is C10H11F4N. The van der Waals surface area contributed by atoms with E-state index in [-0.39, 0.29) is 12.0 Å². The average Bonchev–Trinajstić information content (AvgIpc) is 2.17. The number of rotatable bonds is 4. The molecular weight excluding hydrogens is 210 g/mol. The highest BCUT2D eigenvalue weighted by Crippen LogP contribution is 2.16. The number of hydrogen-bond donors (Lipinski definition) is 1. The van der Waals surface area contributed by atoms with E-state index in [0.29, 0.717) is 0 Å². The molecule has 0 saturated carbocycles. The van der Waals surface area contributed by atoms with Crippen molar-refractivity contribution in [1.29, 1.82) is 0 Å². The summed E-state index contributed by atoms with van der Waals surface area (Å²) in [5.74, 6) is -1.59. The Morgan fingerprint density at radius 3 is 2.13 bits per heavy atom. The van der Waals surface area contributed by atoms with Crippen molar-refractivity contribution >= 4 is 0 Å². The van der Waals surface area contributed by atoms with E-state index < -0.39 is 24.1 Å². The minimum Gasteiger partial charge on any atom is -0.312 e. The van der Waals surface area contributed by atoms with Crippen LogP contribution in [0.15, 0.2) is 18.2 Å². The van der Waals surface area contributed by atoms with Crippen LogP contribution in [0.25, 0.3) is 0 Å². The maximum atomic E-state index is 13.1. The second kappa shape index (κ2) is 5.11. The van der Waals surface area contributed by atoms with Crippen LogP contribution < -0.4 is 5.32 Å². The second-order valence-electron chi connectivity index (χ2n) is 3.13. The molecule has 0 saturated heterocycles. The predicted octanol–water partition coefficient (Wildman–Crippen LogP) is 2.36. The number of alkyl halides is 2. The second-order valence-corrected chi connectivity index (χ2v) is 3.13. The van der Waals surface area contributed by atoms with Gasteiger partial charge in [-0.3, -0.25) is 0 Å². The Kier molecular flexibility index (Phi) is 4.08. The van der Waals surface area contributed by atoms with Crippen LogP contribution in [0.2, 0.25) is 0 Å². The number of benzene rings is 1. The summed E-state index contributed by atoms with van der Waals surface area (Å²) in [6.07, 6.45) is -3.03. The summed E-state index contributed by atoms with van der Waals surface area (Å²) < 4.78 is 50.9. The monoisotopic (exact) mass is 221 g/mol. The first-order valence-corrected chi connectivity index (χ1v) is 4.44. The van der Waals surface area contributed by atoms with E-state index in [1.54, 1.807) is 0 Å². The fourth-order valence-corrected chi connectivity index (χ4v) is 1.26. The summed E-state index contributed by atoms with van der Waals surface area (Å²) >= 11 is 0. The van der Waals surface area contributed by atoms with Crippen LogP contribution in [0, 0.1) is 11.6 Å². The number of nitrogens with one attached hydrogen (secondary N) is 1. The lowest BCUT2D eigenvalue weighted by Gasteiger charge is -2.15. The fraction of sp³-hybridized carbons (Fsp3) is 0.400. The molecule has 0 aliphatic carbocycles. The van der Waals surface area contributed by atoms with E-state index in [1.807, 2.05) is 0 Å². The fourth-order valence-electron chi connectivity index (χ4n) is 1.26. The van der Waals surface area contributed by atoms with Crippen molar-refractivity contribution < 1.29 is 17.6 Å². The van der Waals surface area contributed by atoms with Gasteiger partial charge in [-0.2, -0.15) is 0 Å². The van der Waals surface area contributed by atoms with Gasteiger partial charge >= 0.3 is 0 Å². The summed E-state index contributed by atoms with van der Waals surface area (Å²) in [7, 11) is 1.33. The van der Waals surface area contributed by atoms with E-state index in [4.69, 9.17) is 0 Å². The Hall–Kier alpha value is -1.10. The molecule has 0 radical (unpaired) electrons. The first kappa shape index (κ1) is 12.0. The van der Waals surface area contributed by atoms with Crippen LogP contribution in [0.1, 0.15) is 5.56 Å². The van der Waals surface area contributed by atoms with Gasteiger partial charge in [0.05, 0.1) is 6.04 Å². The van der Waals surface area contributed by atoms with Crippen LogP contribution in [0.3, 0.4) is 0 Å². The van der Waals surface area contributed by atoms with Crippen molar-refractivity contribution in [1.82, 2.24) is 5.32 Å². The van der Waals surface area contributed by atoms with Crippen LogP contribution >= 0.6 is 0 Å². The van der Waals surface area contributed by atoms with Crippen molar-refractivity contribution in [3.8, 4) is 0 Å². The van der Waals surface area contributed by atoms with E-state index >= 15 is 0 Å². The molecule has 1 aromatic carbocycles. The van der Waals surface area contributed by atoms with Crippen LogP contribution in [-0.4, -0.2) is 19.5 Å². The predicted molar refractivity (Wildman–Crippen MR) is 48.9 cm³/mol. The highest BCUT2D eigenvalue weighted by atomic mass is 19.3. The van der Waals surface area contributed by atoms with E-state index in [9.17, 15) is 17.6 Å². The molecule has 1 unspecified atom stereocenters. The molecule has 1 N–H and O–H groups in total. The largest absolute Gasteiger partial charge is 0.312 e. The van der Waals surface area contributed by atoms with Crippen molar-refractivity contribution in [2.45, 2.75) is 18.9 Å². The van der Waals surface area contributed by atoms with Gasteiger partial charge in [-0.15, -0.1) is 0 Å². The highest BCUT2D eigenvalue weighted by Gasteiger charge is 2.21. The Balaban J connectivity index is 2.87. The molecule has 0 spiro atoms. The first-order chi connectivity index (χ1) is 7.06. The summed E-state index contributed by atoms with van der Waals surface area (Å²) in [5.41, 5.74) is -0.308. The molecule has 0 heterocycles. The molecule has 84 valence electrons. The van der Waals surface area contributed by atoms with E-state index in [2.05, 4.69) is 5.32 Å². The minimum atomic E-state index is -2.66. The molecule has 1 aromatic rings. The molecule has 0 aromatic heterocycles. The summed E-state index contributed by atoms with van der Waals surface area (Å²) in [6.45, 7) is 0. The van der Waals surface area contributed by atoms with Gasteiger partial charge in [0.25, 0.3) is 6.43 Å². The maximum absolute atomic E-state index is 13.1. The molecule has 0 aliphatic heterocycles. The minimum absolute atomic E-state index is 0.308. The molecule has 0 aliphatic rings. The normalized spacial score (nSPS) is 13.2. The Morgan fingerprint density at radius 2 is 1.73 bits per heavy atom. The smallest absolute Gasteiger partial charge is 0.254 e. The molecule has 1 nitrogen and oxygen atoms in total. The zero-order valence-corrected chi connectivity index (χ0v) is 8.11. The van der Waals surface area contributed by atoms with Crippen LogP contribution in [0.4, 0.5) is 17.6 Å². The molecule has 0 bridgehead atoms. The molecule has 0 amide bonds. The van der Waals surface area contributed by atoms with Gasteiger partial charge in [0, 0.05) is 5.56 Å². The third kappa shape index (κ3) is 2.92. The van der Waals surface area contributed by atoms with Gasteiger partial charge in [-0.1, -0.05) is 6.07 Å². The summed E-state index contributed by atoms with van der Waals surface area (Å²) in [4.78, 5) is 0. The van der Waals surface area contributed by atoms with Gasteiger partial charge in [0.2, 0.25) is 0 Å². The number of hydrogen-bond acceptors (Lipinski definition) is 1. The summed E-state index contributed by atoms with van der Waals surface area (Å²) in [6, 6.07) is 2.06. The van der Waals surface area contributed by atoms with Crippen molar-refractivity contribution in [2.24, 2.45) is 0 Å². The molecule has 15 heavy (non-hydrogen) atoms. The van der Waals surface area contributed by atoms with Crippen molar-refractivity contribution in [3.63, 3.8) is 0 Å². The SMILES string of the molecule is CNC(Cc1c(F)cccc1F)C(F)F. The van der Waals surface area contributed by atoms with E-state index in [0.717, 1.165) is 12.1 Å². The maximum Gasteiger partial charge on any atom is 0.254 e. The van der Waals surface area contributed by atoms with Gasteiger partial charge < -0.3 is 5.32 Å². The lowest BCUT2D eigenvalue weighted by molar-refractivity contribution is 0.101.